The van der Waals surface area contributed by atoms with Gasteiger partial charge in [-0.05, 0) is 13.0 Å². The number of nitro groups is 1. The zero-order valence-corrected chi connectivity index (χ0v) is 11.4. The van der Waals surface area contributed by atoms with Crippen molar-refractivity contribution in [3.8, 4) is 0 Å². The number of benzene rings is 1. The number of hydrogen-bond donors (Lipinski definition) is 3. The van der Waals surface area contributed by atoms with Crippen molar-refractivity contribution in [3.05, 3.63) is 33.9 Å². The van der Waals surface area contributed by atoms with Gasteiger partial charge in [0.25, 0.3) is 11.6 Å². The van der Waals surface area contributed by atoms with E-state index in [1.165, 1.54) is 18.2 Å². The van der Waals surface area contributed by atoms with Crippen LogP contribution >= 0.6 is 0 Å². The van der Waals surface area contributed by atoms with Gasteiger partial charge < -0.3 is 21.1 Å². The van der Waals surface area contributed by atoms with Crippen molar-refractivity contribution in [1.82, 2.24) is 5.32 Å². The molecule has 21 heavy (non-hydrogen) atoms. The first kappa shape index (κ1) is 16.2. The summed E-state index contributed by atoms with van der Waals surface area (Å²) in [5.41, 5.74) is 5.22. The van der Waals surface area contributed by atoms with E-state index in [9.17, 15) is 19.7 Å². The number of nitro benzene ring substituents is 1. The van der Waals surface area contributed by atoms with Crippen LogP contribution in [0.3, 0.4) is 0 Å². The molecular formula is C12H16N4O5. The van der Waals surface area contributed by atoms with Gasteiger partial charge in [0, 0.05) is 24.4 Å². The fourth-order valence-electron chi connectivity index (χ4n) is 1.59. The summed E-state index contributed by atoms with van der Waals surface area (Å²) in [5.74, 6) is -0.511. The predicted octanol–water partition coefficient (Wildman–Crippen LogP) is 0.852. The topological polar surface area (TPSA) is 137 Å². The van der Waals surface area contributed by atoms with Crippen molar-refractivity contribution in [3.63, 3.8) is 0 Å². The number of carbonyl (C=O) groups excluding carboxylic acids is 2. The van der Waals surface area contributed by atoms with Crippen molar-refractivity contribution >= 4 is 23.4 Å². The molecule has 1 rings (SSSR count). The van der Waals surface area contributed by atoms with Crippen molar-refractivity contribution in [1.29, 1.82) is 0 Å². The molecule has 9 heteroatoms. The number of amides is 2. The fraction of sp³-hybridized carbons (Fsp3) is 0.333. The molecule has 1 aromatic carbocycles. The molecule has 0 aromatic heterocycles. The number of nitrogens with two attached hydrogens (primary N) is 1. The fourth-order valence-corrected chi connectivity index (χ4v) is 1.59. The Morgan fingerprint density at radius 3 is 2.71 bits per heavy atom. The van der Waals surface area contributed by atoms with E-state index in [-0.39, 0.29) is 24.4 Å². The van der Waals surface area contributed by atoms with E-state index in [0.29, 0.717) is 12.2 Å². The quantitative estimate of drug-likeness (QED) is 0.387. The lowest BCUT2D eigenvalue weighted by molar-refractivity contribution is -0.384. The summed E-state index contributed by atoms with van der Waals surface area (Å²) < 4.78 is 4.47. The number of primary amides is 1. The maximum absolute atomic E-state index is 12.0. The summed E-state index contributed by atoms with van der Waals surface area (Å²) in [6.07, 6.45) is -0.937. The van der Waals surface area contributed by atoms with Gasteiger partial charge in [-0.1, -0.05) is 0 Å². The Labute approximate surface area is 120 Å². The van der Waals surface area contributed by atoms with Crippen LogP contribution in [0.15, 0.2) is 18.2 Å². The molecule has 0 bridgehead atoms. The summed E-state index contributed by atoms with van der Waals surface area (Å²) in [4.78, 5) is 32.6. The minimum Gasteiger partial charge on any atom is -0.448 e. The van der Waals surface area contributed by atoms with Gasteiger partial charge in [0.15, 0.2) is 0 Å². The van der Waals surface area contributed by atoms with Gasteiger partial charge in [0.1, 0.15) is 6.61 Å². The molecule has 4 N–H and O–H groups in total. The Morgan fingerprint density at radius 1 is 1.43 bits per heavy atom. The molecule has 0 saturated heterocycles. The lowest BCUT2D eigenvalue weighted by atomic mass is 10.1. The van der Waals surface area contributed by atoms with E-state index in [0.717, 1.165) is 0 Å². The highest BCUT2D eigenvalue weighted by Crippen LogP contribution is 2.22. The number of anilines is 1. The molecule has 0 heterocycles. The predicted molar refractivity (Wildman–Crippen MR) is 75.1 cm³/mol. The van der Waals surface area contributed by atoms with Gasteiger partial charge in [0.2, 0.25) is 0 Å². The maximum Gasteiger partial charge on any atom is 0.404 e. The molecule has 0 aliphatic rings. The van der Waals surface area contributed by atoms with Crippen LogP contribution in [-0.2, 0) is 4.74 Å². The Balaban J connectivity index is 2.81. The lowest BCUT2D eigenvalue weighted by Gasteiger charge is -2.11. The number of rotatable bonds is 7. The molecule has 9 nitrogen and oxygen atoms in total. The van der Waals surface area contributed by atoms with Crippen molar-refractivity contribution < 1.29 is 19.2 Å². The summed E-state index contributed by atoms with van der Waals surface area (Å²) in [5, 5.41) is 16.2. The number of nitrogens with zero attached hydrogens (tertiary/aromatic N) is 1. The molecule has 0 unspecified atom stereocenters. The van der Waals surface area contributed by atoms with Crippen molar-refractivity contribution in [2.45, 2.75) is 6.92 Å². The minimum atomic E-state index is -0.937. The van der Waals surface area contributed by atoms with E-state index < -0.39 is 16.9 Å². The zero-order valence-electron chi connectivity index (χ0n) is 11.4. The molecule has 0 spiro atoms. The smallest absolute Gasteiger partial charge is 0.404 e. The van der Waals surface area contributed by atoms with Crippen LogP contribution in [0.1, 0.15) is 17.3 Å². The van der Waals surface area contributed by atoms with E-state index in [1.54, 1.807) is 0 Å². The first-order chi connectivity index (χ1) is 9.95. The Hall–Kier alpha value is -2.84. The van der Waals surface area contributed by atoms with Crippen LogP contribution in [0.25, 0.3) is 0 Å². The molecule has 0 saturated carbocycles. The molecule has 0 fully saturated rings. The highest BCUT2D eigenvalue weighted by Gasteiger charge is 2.16. The third kappa shape index (κ3) is 4.97. The van der Waals surface area contributed by atoms with Crippen LogP contribution in [0, 0.1) is 10.1 Å². The Morgan fingerprint density at radius 2 is 2.14 bits per heavy atom. The highest BCUT2D eigenvalue weighted by atomic mass is 16.6. The molecule has 0 atom stereocenters. The summed E-state index contributed by atoms with van der Waals surface area (Å²) >= 11 is 0. The highest BCUT2D eigenvalue weighted by molar-refractivity contribution is 6.00. The molecule has 0 aliphatic heterocycles. The number of ether oxygens (including phenoxy) is 1. The van der Waals surface area contributed by atoms with Crippen LogP contribution in [0.2, 0.25) is 0 Å². The van der Waals surface area contributed by atoms with Gasteiger partial charge in [0.05, 0.1) is 17.0 Å². The molecule has 114 valence electrons. The second kappa shape index (κ2) is 7.68. The first-order valence-electron chi connectivity index (χ1n) is 6.18. The summed E-state index contributed by atoms with van der Waals surface area (Å²) in [6.45, 7) is 2.37. The van der Waals surface area contributed by atoms with Gasteiger partial charge in [-0.2, -0.15) is 0 Å². The molecule has 1 aromatic rings. The minimum absolute atomic E-state index is 0.0516. The van der Waals surface area contributed by atoms with Crippen LogP contribution in [-0.4, -0.2) is 36.6 Å². The van der Waals surface area contributed by atoms with Crippen molar-refractivity contribution in [2.75, 3.05) is 25.0 Å². The van der Waals surface area contributed by atoms with E-state index in [4.69, 9.17) is 5.73 Å². The lowest BCUT2D eigenvalue weighted by Crippen LogP contribution is -2.29. The average molecular weight is 296 g/mol. The third-order valence-corrected chi connectivity index (χ3v) is 2.46. The number of non-ortho nitro benzene ring substituents is 1. The molecule has 2 amide bonds. The number of carbonyl (C=O) groups is 2. The molecule has 0 aliphatic carbocycles. The average Bonchev–Trinajstić information content (AvgIpc) is 2.43. The monoisotopic (exact) mass is 296 g/mol. The molecule has 0 radical (unpaired) electrons. The normalized spacial score (nSPS) is 9.76. The van der Waals surface area contributed by atoms with E-state index in [1.807, 2.05) is 6.92 Å². The van der Waals surface area contributed by atoms with Gasteiger partial charge >= 0.3 is 6.09 Å². The Kier molecular flexibility index (Phi) is 5.93. The first-order valence-corrected chi connectivity index (χ1v) is 6.18. The van der Waals surface area contributed by atoms with E-state index >= 15 is 0 Å². The van der Waals surface area contributed by atoms with Gasteiger partial charge in [-0.25, -0.2) is 4.79 Å². The largest absolute Gasteiger partial charge is 0.448 e. The number of nitrogens with one attached hydrogen (secondary N) is 2. The van der Waals surface area contributed by atoms with Gasteiger partial charge in [-0.15, -0.1) is 0 Å². The molecular weight excluding hydrogens is 280 g/mol. The van der Waals surface area contributed by atoms with E-state index in [2.05, 4.69) is 15.4 Å². The standard InChI is InChI=1S/C12H16N4O5/c1-2-14-10-4-3-8(16(19)20)7-9(10)11(17)15-5-6-21-12(13)18/h3-4,7,14H,2,5-6H2,1H3,(H2,13,18)(H,15,17). The summed E-state index contributed by atoms with van der Waals surface area (Å²) in [7, 11) is 0. The maximum atomic E-state index is 12.0. The SMILES string of the molecule is CCNc1ccc([N+](=O)[O-])cc1C(=O)NCCOC(N)=O. The van der Waals surface area contributed by atoms with Crippen LogP contribution in [0.5, 0.6) is 0 Å². The third-order valence-electron chi connectivity index (χ3n) is 2.46. The summed E-state index contributed by atoms with van der Waals surface area (Å²) in [6, 6.07) is 3.96. The van der Waals surface area contributed by atoms with Crippen molar-refractivity contribution in [2.24, 2.45) is 5.73 Å². The zero-order chi connectivity index (χ0) is 15.8. The second-order valence-corrected chi connectivity index (χ2v) is 3.94. The Bertz CT molecular complexity index is 546. The van der Waals surface area contributed by atoms with Crippen LogP contribution < -0.4 is 16.4 Å². The second-order valence-electron chi connectivity index (χ2n) is 3.94. The van der Waals surface area contributed by atoms with Gasteiger partial charge in [-0.3, -0.25) is 14.9 Å². The van der Waals surface area contributed by atoms with Crippen LogP contribution in [0.4, 0.5) is 16.2 Å². The number of hydrogen-bond acceptors (Lipinski definition) is 6.